The molecule has 0 unspecified atom stereocenters. The summed E-state index contributed by atoms with van der Waals surface area (Å²) in [7, 11) is -1.51. The van der Waals surface area contributed by atoms with E-state index in [1.54, 1.807) is 24.3 Å². The third kappa shape index (κ3) is 4.29. The Balaban J connectivity index is 1.58. The number of amides is 1. The number of carbonyl (C=O) groups excluding carboxylic acids is 1. The van der Waals surface area contributed by atoms with Crippen molar-refractivity contribution in [3.05, 3.63) is 30.3 Å². The molecule has 0 spiro atoms. The minimum Gasteiger partial charge on any atom is -0.343 e. The van der Waals surface area contributed by atoms with Gasteiger partial charge in [0.1, 0.15) is 0 Å². The zero-order chi connectivity index (χ0) is 18.6. The molecule has 1 amide bonds. The molecule has 0 atom stereocenters. The molecule has 3 rings (SSSR count). The first-order valence-corrected chi connectivity index (χ1v) is 11.3. The van der Waals surface area contributed by atoms with E-state index in [0.717, 1.165) is 12.8 Å². The van der Waals surface area contributed by atoms with Crippen LogP contribution in [-0.2, 0) is 14.8 Å². The van der Waals surface area contributed by atoms with E-state index in [-0.39, 0.29) is 11.8 Å². The number of piperidine rings is 1. The summed E-state index contributed by atoms with van der Waals surface area (Å²) >= 11 is 0. The minimum absolute atomic E-state index is 0.0505. The molecular formula is C20H30N2O3S. The lowest BCUT2D eigenvalue weighted by atomic mass is 9.95. The Morgan fingerprint density at radius 1 is 0.962 bits per heavy atom. The predicted octanol–water partition coefficient (Wildman–Crippen LogP) is 3.27. The van der Waals surface area contributed by atoms with E-state index in [9.17, 15) is 13.2 Å². The lowest BCUT2D eigenvalue weighted by Crippen LogP contribution is -2.46. The highest BCUT2D eigenvalue weighted by atomic mass is 32.2. The van der Waals surface area contributed by atoms with Gasteiger partial charge in [-0.25, -0.2) is 8.42 Å². The molecule has 26 heavy (non-hydrogen) atoms. The van der Waals surface area contributed by atoms with Crippen LogP contribution in [0.4, 0.5) is 0 Å². The summed E-state index contributed by atoms with van der Waals surface area (Å²) < 4.78 is 27.0. The van der Waals surface area contributed by atoms with E-state index >= 15 is 0 Å². The normalized spacial score (nSPS) is 21.3. The van der Waals surface area contributed by atoms with Crippen molar-refractivity contribution in [1.29, 1.82) is 0 Å². The van der Waals surface area contributed by atoms with Crippen molar-refractivity contribution in [3.63, 3.8) is 0 Å². The lowest BCUT2D eigenvalue weighted by Gasteiger charge is -2.35. The highest BCUT2D eigenvalue weighted by Crippen LogP contribution is 2.27. The first-order chi connectivity index (χ1) is 12.5. The minimum atomic E-state index is -3.45. The fourth-order valence-electron chi connectivity index (χ4n) is 4.20. The molecule has 1 saturated carbocycles. The van der Waals surface area contributed by atoms with Gasteiger partial charge < -0.3 is 4.90 Å². The van der Waals surface area contributed by atoms with Crippen molar-refractivity contribution in [2.45, 2.75) is 62.3 Å². The molecule has 1 aromatic carbocycles. The van der Waals surface area contributed by atoms with E-state index in [0.29, 0.717) is 36.9 Å². The Bertz CT molecular complexity index is 689. The number of hydrogen-bond donors (Lipinski definition) is 0. The smallest absolute Gasteiger partial charge is 0.243 e. The first-order valence-electron chi connectivity index (χ1n) is 9.82. The van der Waals surface area contributed by atoms with Gasteiger partial charge in [-0.2, -0.15) is 4.31 Å². The van der Waals surface area contributed by atoms with Crippen LogP contribution in [0.5, 0.6) is 0 Å². The lowest BCUT2D eigenvalue weighted by molar-refractivity contribution is -0.137. The third-order valence-corrected chi connectivity index (χ3v) is 7.82. The summed E-state index contributed by atoms with van der Waals surface area (Å²) in [6.07, 6.45) is 8.38. The van der Waals surface area contributed by atoms with Crippen LogP contribution in [-0.4, -0.2) is 49.7 Å². The quantitative estimate of drug-likeness (QED) is 0.756. The van der Waals surface area contributed by atoms with Crippen LogP contribution >= 0.6 is 0 Å². The predicted molar refractivity (Wildman–Crippen MR) is 102 cm³/mol. The van der Waals surface area contributed by atoms with Crippen molar-refractivity contribution < 1.29 is 13.2 Å². The molecule has 144 valence electrons. The second-order valence-corrected chi connectivity index (χ2v) is 9.52. The standard InChI is InChI=1S/C20H30N2O3S/c1-21(18-9-5-2-3-6-10-18)20(23)17-13-15-22(16-14-17)26(24,25)19-11-7-4-8-12-19/h4,7-8,11-12,17-18H,2-3,5-6,9-10,13-16H2,1H3. The fourth-order valence-corrected chi connectivity index (χ4v) is 5.69. The van der Waals surface area contributed by atoms with Crippen molar-refractivity contribution in [3.8, 4) is 0 Å². The van der Waals surface area contributed by atoms with E-state index in [1.807, 2.05) is 18.0 Å². The highest BCUT2D eigenvalue weighted by Gasteiger charge is 2.34. The Morgan fingerprint density at radius 3 is 2.12 bits per heavy atom. The topological polar surface area (TPSA) is 57.7 Å². The molecule has 0 radical (unpaired) electrons. The molecule has 1 aliphatic heterocycles. The molecule has 0 bridgehead atoms. The Hall–Kier alpha value is -1.40. The molecule has 2 fully saturated rings. The number of hydrogen-bond acceptors (Lipinski definition) is 3. The van der Waals surface area contributed by atoms with Gasteiger partial charge in [0.2, 0.25) is 15.9 Å². The molecule has 1 aliphatic carbocycles. The van der Waals surface area contributed by atoms with E-state index in [2.05, 4.69) is 0 Å². The monoisotopic (exact) mass is 378 g/mol. The van der Waals surface area contributed by atoms with Gasteiger partial charge in [-0.05, 0) is 37.8 Å². The average Bonchev–Trinajstić information content (AvgIpc) is 2.97. The Labute approximate surface area is 157 Å². The van der Waals surface area contributed by atoms with Gasteiger partial charge in [0.15, 0.2) is 0 Å². The summed E-state index contributed by atoms with van der Waals surface area (Å²) in [5.41, 5.74) is 0. The van der Waals surface area contributed by atoms with Crippen molar-refractivity contribution in [1.82, 2.24) is 9.21 Å². The van der Waals surface area contributed by atoms with Gasteiger partial charge in [-0.1, -0.05) is 43.9 Å². The summed E-state index contributed by atoms with van der Waals surface area (Å²) in [6, 6.07) is 8.91. The number of sulfonamides is 1. The van der Waals surface area contributed by atoms with E-state index in [1.165, 1.54) is 30.0 Å². The molecule has 0 N–H and O–H groups in total. The highest BCUT2D eigenvalue weighted by molar-refractivity contribution is 7.89. The Morgan fingerprint density at radius 2 is 1.54 bits per heavy atom. The van der Waals surface area contributed by atoms with Crippen LogP contribution in [0.15, 0.2) is 35.2 Å². The van der Waals surface area contributed by atoms with Gasteiger partial charge >= 0.3 is 0 Å². The summed E-state index contributed by atoms with van der Waals surface area (Å²) in [4.78, 5) is 15.2. The second kappa shape index (κ2) is 8.53. The van der Waals surface area contributed by atoms with E-state index in [4.69, 9.17) is 0 Å². The van der Waals surface area contributed by atoms with Crippen LogP contribution in [0.1, 0.15) is 51.4 Å². The molecule has 0 aromatic heterocycles. The van der Waals surface area contributed by atoms with Gasteiger partial charge in [0.25, 0.3) is 0 Å². The summed E-state index contributed by atoms with van der Waals surface area (Å²) in [6.45, 7) is 0.846. The van der Waals surface area contributed by atoms with Crippen LogP contribution in [0.3, 0.4) is 0 Å². The van der Waals surface area contributed by atoms with Gasteiger partial charge in [-0.3, -0.25) is 4.79 Å². The molecule has 2 aliphatic rings. The maximum absolute atomic E-state index is 12.9. The number of rotatable bonds is 4. The van der Waals surface area contributed by atoms with Gasteiger partial charge in [0, 0.05) is 32.1 Å². The Kier molecular flexibility index (Phi) is 6.35. The van der Waals surface area contributed by atoms with E-state index < -0.39 is 10.0 Å². The van der Waals surface area contributed by atoms with Crippen molar-refractivity contribution in [2.24, 2.45) is 5.92 Å². The van der Waals surface area contributed by atoms with Crippen LogP contribution < -0.4 is 0 Å². The number of benzene rings is 1. The zero-order valence-corrected chi connectivity index (χ0v) is 16.5. The summed E-state index contributed by atoms with van der Waals surface area (Å²) in [5.74, 6) is 0.152. The number of carbonyl (C=O) groups is 1. The molecule has 6 heteroatoms. The third-order valence-electron chi connectivity index (χ3n) is 5.90. The van der Waals surface area contributed by atoms with Crippen LogP contribution in [0.2, 0.25) is 0 Å². The molecule has 1 saturated heterocycles. The van der Waals surface area contributed by atoms with Gasteiger partial charge in [-0.15, -0.1) is 0 Å². The number of nitrogens with zero attached hydrogens (tertiary/aromatic N) is 2. The largest absolute Gasteiger partial charge is 0.343 e. The molecule has 5 nitrogen and oxygen atoms in total. The first kappa shape index (κ1) is 19.4. The van der Waals surface area contributed by atoms with Crippen LogP contribution in [0, 0.1) is 5.92 Å². The molecule has 1 aromatic rings. The second-order valence-electron chi connectivity index (χ2n) is 7.59. The average molecular weight is 379 g/mol. The molecular weight excluding hydrogens is 348 g/mol. The van der Waals surface area contributed by atoms with Gasteiger partial charge in [0.05, 0.1) is 4.90 Å². The SMILES string of the molecule is CN(C(=O)C1CCN(S(=O)(=O)c2ccccc2)CC1)C1CCCCCC1. The zero-order valence-electron chi connectivity index (χ0n) is 15.6. The van der Waals surface area contributed by atoms with Crippen LogP contribution in [0.25, 0.3) is 0 Å². The maximum atomic E-state index is 12.9. The fraction of sp³-hybridized carbons (Fsp3) is 0.650. The van der Waals surface area contributed by atoms with Crippen molar-refractivity contribution >= 4 is 15.9 Å². The summed E-state index contributed by atoms with van der Waals surface area (Å²) in [5, 5.41) is 0. The van der Waals surface area contributed by atoms with Crippen molar-refractivity contribution in [2.75, 3.05) is 20.1 Å². The molecule has 1 heterocycles. The maximum Gasteiger partial charge on any atom is 0.243 e.